The molecule has 2 aromatic heterocycles. The number of hydrogen-bond acceptors (Lipinski definition) is 4. The van der Waals surface area contributed by atoms with E-state index in [0.717, 1.165) is 31.8 Å². The molecule has 0 amide bonds. The highest BCUT2D eigenvalue weighted by Gasteiger charge is 2.28. The Balaban J connectivity index is 1.34. The molecular weight excluding hydrogens is 420 g/mol. The molecule has 0 unspecified atom stereocenters. The second kappa shape index (κ2) is 9.24. The molecule has 5 heteroatoms. The summed E-state index contributed by atoms with van der Waals surface area (Å²) >= 11 is 0. The highest BCUT2D eigenvalue weighted by atomic mass is 16.5. The van der Waals surface area contributed by atoms with Crippen molar-refractivity contribution >= 4 is 10.9 Å². The van der Waals surface area contributed by atoms with Gasteiger partial charge in [0.15, 0.2) is 0 Å². The number of nitrogens with zero attached hydrogens (tertiary/aromatic N) is 2. The van der Waals surface area contributed by atoms with E-state index in [0.29, 0.717) is 6.04 Å². The van der Waals surface area contributed by atoms with E-state index in [-0.39, 0.29) is 6.04 Å². The van der Waals surface area contributed by atoms with Gasteiger partial charge in [0, 0.05) is 53.7 Å². The number of pyridine rings is 1. The van der Waals surface area contributed by atoms with Crippen LogP contribution in [0.2, 0.25) is 0 Å². The van der Waals surface area contributed by atoms with Crippen molar-refractivity contribution in [3.05, 3.63) is 94.9 Å². The Kier molecular flexibility index (Phi) is 5.81. The van der Waals surface area contributed by atoms with Crippen LogP contribution < -0.4 is 10.1 Å². The number of ether oxygens (including phenoxy) is 1. The van der Waals surface area contributed by atoms with Crippen molar-refractivity contribution in [2.24, 2.45) is 0 Å². The molecule has 174 valence electrons. The monoisotopic (exact) mass is 452 g/mol. The third-order valence-electron chi connectivity index (χ3n) is 7.55. The molecular formula is C29H32N4O. The van der Waals surface area contributed by atoms with Crippen LogP contribution in [-0.2, 0) is 13.0 Å². The third-order valence-corrected chi connectivity index (χ3v) is 7.55. The Labute approximate surface area is 201 Å². The minimum atomic E-state index is 0.163. The first kappa shape index (κ1) is 21.4. The fraction of sp³-hybridized carbons (Fsp3) is 0.345. The number of piperidine rings is 1. The smallest absolute Gasteiger partial charge is 0.123 e. The number of para-hydroxylation sites is 1. The molecule has 4 aromatic rings. The van der Waals surface area contributed by atoms with Gasteiger partial charge in [0.2, 0.25) is 0 Å². The Morgan fingerprint density at radius 2 is 2.00 bits per heavy atom. The quantitative estimate of drug-likeness (QED) is 0.418. The van der Waals surface area contributed by atoms with Gasteiger partial charge in [-0.2, -0.15) is 0 Å². The first-order valence-corrected chi connectivity index (χ1v) is 12.5. The van der Waals surface area contributed by atoms with E-state index < -0.39 is 0 Å². The van der Waals surface area contributed by atoms with Gasteiger partial charge in [0.25, 0.3) is 0 Å². The predicted molar refractivity (Wildman–Crippen MR) is 136 cm³/mol. The topological polar surface area (TPSA) is 53.2 Å². The first-order valence-electron chi connectivity index (χ1n) is 12.5. The lowest BCUT2D eigenvalue weighted by atomic mass is 9.92. The van der Waals surface area contributed by atoms with Crippen LogP contribution in [0.15, 0.2) is 67.0 Å². The molecule has 0 saturated carbocycles. The normalized spacial score (nSPS) is 20.9. The molecule has 0 aliphatic carbocycles. The standard InChI is InChI=1S/C29H32N4O/c1-34-27-12-11-20(28-29-24(13-15-31-28)23-8-2-3-9-25(23)32-29)17-22(27)19-33-16-5-4-10-26(33)21-7-6-14-30-18-21/h2-3,6-9,11-12,14,17-18,26,28,31-32H,4-5,10,13,15-16,19H2,1H3/t26-,28-/m0/s1. The summed E-state index contributed by atoms with van der Waals surface area (Å²) in [5.74, 6) is 0.965. The van der Waals surface area contributed by atoms with E-state index in [1.165, 1.54) is 58.1 Å². The number of rotatable bonds is 5. The third kappa shape index (κ3) is 3.89. The molecule has 1 saturated heterocycles. The zero-order chi connectivity index (χ0) is 22.9. The van der Waals surface area contributed by atoms with Crippen LogP contribution in [0, 0.1) is 0 Å². The van der Waals surface area contributed by atoms with E-state index in [2.05, 4.69) is 74.8 Å². The molecule has 2 atom stereocenters. The van der Waals surface area contributed by atoms with E-state index in [1.807, 2.05) is 12.4 Å². The molecule has 5 nitrogen and oxygen atoms in total. The lowest BCUT2D eigenvalue weighted by Gasteiger charge is -2.36. The summed E-state index contributed by atoms with van der Waals surface area (Å²) in [7, 11) is 1.78. The van der Waals surface area contributed by atoms with Crippen LogP contribution >= 0.6 is 0 Å². The van der Waals surface area contributed by atoms with Crippen molar-refractivity contribution in [2.45, 2.75) is 44.3 Å². The average Bonchev–Trinajstić information content (AvgIpc) is 3.28. The molecule has 0 radical (unpaired) electrons. The van der Waals surface area contributed by atoms with Gasteiger partial charge in [-0.3, -0.25) is 9.88 Å². The van der Waals surface area contributed by atoms with Crippen LogP contribution in [0.5, 0.6) is 5.75 Å². The number of aromatic amines is 1. The summed E-state index contributed by atoms with van der Waals surface area (Å²) in [6.45, 7) is 2.96. The highest BCUT2D eigenvalue weighted by molar-refractivity contribution is 5.85. The molecule has 2 N–H and O–H groups in total. The number of benzene rings is 2. The van der Waals surface area contributed by atoms with Gasteiger partial charge in [0.05, 0.1) is 13.2 Å². The van der Waals surface area contributed by atoms with Crippen molar-refractivity contribution in [3.8, 4) is 5.75 Å². The lowest BCUT2D eigenvalue weighted by molar-refractivity contribution is 0.139. The number of nitrogens with one attached hydrogen (secondary N) is 2. The van der Waals surface area contributed by atoms with Crippen LogP contribution in [0.25, 0.3) is 10.9 Å². The second-order valence-corrected chi connectivity index (χ2v) is 9.54. The van der Waals surface area contributed by atoms with E-state index in [9.17, 15) is 0 Å². The molecule has 34 heavy (non-hydrogen) atoms. The predicted octanol–water partition coefficient (Wildman–Crippen LogP) is 5.53. The summed E-state index contributed by atoms with van der Waals surface area (Å²) in [5, 5.41) is 5.11. The van der Waals surface area contributed by atoms with Gasteiger partial charge in [-0.05, 0) is 66.8 Å². The number of aromatic nitrogens is 2. The Morgan fingerprint density at radius 3 is 2.88 bits per heavy atom. The van der Waals surface area contributed by atoms with Gasteiger partial charge < -0.3 is 15.0 Å². The maximum Gasteiger partial charge on any atom is 0.123 e. The fourth-order valence-corrected chi connectivity index (χ4v) is 5.92. The largest absolute Gasteiger partial charge is 0.496 e. The van der Waals surface area contributed by atoms with Gasteiger partial charge >= 0.3 is 0 Å². The molecule has 4 heterocycles. The van der Waals surface area contributed by atoms with Crippen molar-refractivity contribution in [1.29, 1.82) is 0 Å². The Morgan fingerprint density at radius 1 is 1.06 bits per heavy atom. The molecule has 0 spiro atoms. The summed E-state index contributed by atoms with van der Waals surface area (Å²) in [6.07, 6.45) is 8.62. The zero-order valence-electron chi connectivity index (χ0n) is 19.8. The average molecular weight is 453 g/mol. The molecule has 2 aromatic carbocycles. The summed E-state index contributed by atoms with van der Waals surface area (Å²) in [5.41, 5.74) is 7.83. The summed E-state index contributed by atoms with van der Waals surface area (Å²) < 4.78 is 5.82. The van der Waals surface area contributed by atoms with Crippen molar-refractivity contribution in [3.63, 3.8) is 0 Å². The van der Waals surface area contributed by atoms with Gasteiger partial charge in [-0.25, -0.2) is 0 Å². The number of methoxy groups -OCH3 is 1. The molecule has 1 fully saturated rings. The number of fused-ring (bicyclic) bond motifs is 3. The van der Waals surface area contributed by atoms with Crippen LogP contribution in [0.1, 0.15) is 59.3 Å². The minimum Gasteiger partial charge on any atom is -0.496 e. The zero-order valence-corrected chi connectivity index (χ0v) is 19.8. The van der Waals surface area contributed by atoms with Gasteiger partial charge in [0.1, 0.15) is 5.75 Å². The molecule has 2 aliphatic rings. The van der Waals surface area contributed by atoms with E-state index >= 15 is 0 Å². The molecule has 6 rings (SSSR count). The van der Waals surface area contributed by atoms with Crippen LogP contribution in [0.4, 0.5) is 0 Å². The van der Waals surface area contributed by atoms with Crippen LogP contribution in [0.3, 0.4) is 0 Å². The number of H-pyrrole nitrogens is 1. The number of hydrogen-bond donors (Lipinski definition) is 2. The lowest BCUT2D eigenvalue weighted by Crippen LogP contribution is -2.33. The number of likely N-dealkylation sites (tertiary alicyclic amines) is 1. The minimum absolute atomic E-state index is 0.163. The summed E-state index contributed by atoms with van der Waals surface area (Å²) in [4.78, 5) is 10.7. The summed E-state index contributed by atoms with van der Waals surface area (Å²) in [6, 6.07) is 20.2. The highest BCUT2D eigenvalue weighted by Crippen LogP contribution is 2.37. The Hall–Kier alpha value is -3.15. The van der Waals surface area contributed by atoms with E-state index in [1.54, 1.807) is 7.11 Å². The van der Waals surface area contributed by atoms with Crippen molar-refractivity contribution in [1.82, 2.24) is 20.2 Å². The molecule has 2 aliphatic heterocycles. The Bertz CT molecular complexity index is 1280. The van der Waals surface area contributed by atoms with Gasteiger partial charge in [-0.15, -0.1) is 0 Å². The maximum absolute atomic E-state index is 5.82. The first-order chi connectivity index (χ1) is 16.8. The van der Waals surface area contributed by atoms with Crippen molar-refractivity contribution in [2.75, 3.05) is 20.2 Å². The van der Waals surface area contributed by atoms with Crippen LogP contribution in [-0.4, -0.2) is 35.1 Å². The maximum atomic E-state index is 5.82. The fourth-order valence-electron chi connectivity index (χ4n) is 5.92. The van der Waals surface area contributed by atoms with E-state index in [4.69, 9.17) is 4.74 Å². The van der Waals surface area contributed by atoms with Gasteiger partial charge in [-0.1, -0.05) is 36.8 Å². The van der Waals surface area contributed by atoms with Crippen molar-refractivity contribution < 1.29 is 4.74 Å². The molecule has 0 bridgehead atoms. The second-order valence-electron chi connectivity index (χ2n) is 9.54. The SMILES string of the molecule is COc1ccc([C@@H]2NCCc3c2[nH]c2ccccc32)cc1CN1CCCC[C@H]1c1cccnc1.